The van der Waals surface area contributed by atoms with Crippen LogP contribution < -0.4 is 11.3 Å². The highest BCUT2D eigenvalue weighted by Gasteiger charge is 2.14. The lowest BCUT2D eigenvalue weighted by Gasteiger charge is -2.19. The summed E-state index contributed by atoms with van der Waals surface area (Å²) in [5.74, 6) is 6.72. The molecule has 2 aromatic rings. The molecule has 2 atom stereocenters. The summed E-state index contributed by atoms with van der Waals surface area (Å²) in [6.45, 7) is 4.47. The van der Waals surface area contributed by atoms with Crippen molar-refractivity contribution in [3.05, 3.63) is 42.2 Å². The number of hydrogen-bond acceptors (Lipinski definition) is 4. The molecule has 2 rings (SSSR count). The first-order valence-electron chi connectivity index (χ1n) is 6.66. The van der Waals surface area contributed by atoms with E-state index in [2.05, 4.69) is 48.5 Å². The number of benzene rings is 1. The molecule has 1 aromatic carbocycles. The molecule has 0 aliphatic carbocycles. The normalized spacial score (nSPS) is 14.5. The van der Waals surface area contributed by atoms with Gasteiger partial charge in [0.05, 0.1) is 6.04 Å². The number of nitrogens with one attached hydrogen (secondary N) is 1. The van der Waals surface area contributed by atoms with E-state index in [0.717, 1.165) is 11.1 Å². The summed E-state index contributed by atoms with van der Waals surface area (Å²) in [4.78, 5) is 4.17. The average Bonchev–Trinajstić information content (AvgIpc) is 2.47. The molecule has 0 fully saturated rings. The Morgan fingerprint density at radius 1 is 1.37 bits per heavy atom. The van der Waals surface area contributed by atoms with E-state index in [9.17, 15) is 0 Å². The summed E-state index contributed by atoms with van der Waals surface area (Å²) >= 11 is 1.95. The lowest BCUT2D eigenvalue weighted by molar-refractivity contribution is 0.613. The predicted octanol–water partition coefficient (Wildman–Crippen LogP) is 3.27. The van der Waals surface area contributed by atoms with E-state index in [1.807, 2.05) is 24.2 Å². The number of fused-ring (bicyclic) bond motifs is 1. The number of aromatic nitrogens is 1. The summed E-state index contributed by atoms with van der Waals surface area (Å²) in [7, 11) is 0. The van der Waals surface area contributed by atoms with Crippen LogP contribution in [0.25, 0.3) is 10.8 Å². The van der Waals surface area contributed by atoms with Crippen LogP contribution in [-0.2, 0) is 0 Å². The van der Waals surface area contributed by atoms with Crippen LogP contribution in [0.3, 0.4) is 0 Å². The monoisotopic (exact) mass is 275 g/mol. The van der Waals surface area contributed by atoms with Gasteiger partial charge in [-0.1, -0.05) is 32.0 Å². The molecule has 0 saturated heterocycles. The quantitative estimate of drug-likeness (QED) is 0.627. The van der Waals surface area contributed by atoms with Crippen LogP contribution in [0.15, 0.2) is 36.7 Å². The molecule has 4 heteroatoms. The molecule has 102 valence electrons. The van der Waals surface area contributed by atoms with Gasteiger partial charge in [0.2, 0.25) is 0 Å². The van der Waals surface area contributed by atoms with Crippen molar-refractivity contribution in [2.75, 3.05) is 5.75 Å². The highest BCUT2D eigenvalue weighted by atomic mass is 32.2. The second kappa shape index (κ2) is 6.89. The van der Waals surface area contributed by atoms with E-state index in [0.29, 0.717) is 5.25 Å². The van der Waals surface area contributed by atoms with E-state index in [1.165, 1.54) is 17.4 Å². The third-order valence-corrected chi connectivity index (χ3v) is 4.84. The van der Waals surface area contributed by atoms with Gasteiger partial charge in [-0.15, -0.1) is 0 Å². The number of rotatable bonds is 6. The zero-order valence-electron chi connectivity index (χ0n) is 11.5. The molecule has 0 radical (unpaired) electrons. The summed E-state index contributed by atoms with van der Waals surface area (Å²) in [6.07, 6.45) is 4.91. The van der Waals surface area contributed by atoms with E-state index < -0.39 is 0 Å². The molecular weight excluding hydrogens is 254 g/mol. The molecule has 0 amide bonds. The first kappa shape index (κ1) is 14.3. The Bertz CT molecular complexity index is 524. The topological polar surface area (TPSA) is 50.9 Å². The Labute approximate surface area is 119 Å². The Morgan fingerprint density at radius 3 is 2.95 bits per heavy atom. The molecule has 0 aliphatic heterocycles. The number of hydrazine groups is 1. The third kappa shape index (κ3) is 3.47. The van der Waals surface area contributed by atoms with Crippen LogP contribution in [0.2, 0.25) is 0 Å². The van der Waals surface area contributed by atoms with Crippen LogP contribution in [0.5, 0.6) is 0 Å². The minimum absolute atomic E-state index is 0.171. The van der Waals surface area contributed by atoms with E-state index in [4.69, 9.17) is 5.84 Å². The molecule has 3 nitrogen and oxygen atoms in total. The molecule has 0 spiro atoms. The Balaban J connectivity index is 2.25. The fourth-order valence-electron chi connectivity index (χ4n) is 2.06. The zero-order chi connectivity index (χ0) is 13.7. The van der Waals surface area contributed by atoms with Crippen molar-refractivity contribution in [3.8, 4) is 0 Å². The predicted molar refractivity (Wildman–Crippen MR) is 84.0 cm³/mol. The second-order valence-electron chi connectivity index (χ2n) is 4.72. The molecular formula is C15H21N3S. The van der Waals surface area contributed by atoms with Gasteiger partial charge >= 0.3 is 0 Å². The molecule has 0 saturated carbocycles. The first-order valence-corrected chi connectivity index (χ1v) is 7.71. The van der Waals surface area contributed by atoms with Crippen LogP contribution >= 0.6 is 11.8 Å². The fraction of sp³-hybridized carbons (Fsp3) is 0.400. The zero-order valence-corrected chi connectivity index (χ0v) is 12.3. The molecule has 2 unspecified atom stereocenters. The lowest BCUT2D eigenvalue weighted by atomic mass is 10.0. The lowest BCUT2D eigenvalue weighted by Crippen LogP contribution is -2.30. The Kier molecular flexibility index (Phi) is 5.19. The highest BCUT2D eigenvalue weighted by Crippen LogP contribution is 2.27. The van der Waals surface area contributed by atoms with Gasteiger partial charge in [0, 0.05) is 28.8 Å². The Hall–Kier alpha value is -1.10. The maximum absolute atomic E-state index is 5.74. The molecule has 3 N–H and O–H groups in total. The van der Waals surface area contributed by atoms with Crippen molar-refractivity contribution in [2.45, 2.75) is 31.6 Å². The maximum Gasteiger partial charge on any atom is 0.0556 e. The number of thioether (sulfide) groups is 1. The van der Waals surface area contributed by atoms with E-state index >= 15 is 0 Å². The van der Waals surface area contributed by atoms with Crippen molar-refractivity contribution in [3.63, 3.8) is 0 Å². The molecule has 1 aromatic heterocycles. The second-order valence-corrected chi connectivity index (χ2v) is 6.19. The fourth-order valence-corrected chi connectivity index (χ4v) is 3.09. The van der Waals surface area contributed by atoms with Crippen LogP contribution in [-0.4, -0.2) is 16.0 Å². The summed E-state index contributed by atoms with van der Waals surface area (Å²) in [6, 6.07) is 8.52. The van der Waals surface area contributed by atoms with Gasteiger partial charge in [-0.25, -0.2) is 0 Å². The molecule has 0 aliphatic rings. The van der Waals surface area contributed by atoms with E-state index in [1.54, 1.807) is 0 Å². The van der Waals surface area contributed by atoms with Crippen LogP contribution in [0.1, 0.15) is 31.9 Å². The Morgan fingerprint density at radius 2 is 2.21 bits per heavy atom. The standard InChI is InChI=1S/C15H21N3S/c1-3-11(2)19-10-15(18-16)14-6-4-5-12-9-17-8-7-13(12)14/h4-9,11,15,18H,3,10,16H2,1-2H3. The minimum atomic E-state index is 0.171. The number of nitrogens with zero attached hydrogens (tertiary/aromatic N) is 1. The van der Waals surface area contributed by atoms with Crippen molar-refractivity contribution < 1.29 is 0 Å². The number of nitrogens with two attached hydrogens (primary N) is 1. The van der Waals surface area contributed by atoms with Gasteiger partial charge in [0.15, 0.2) is 0 Å². The largest absolute Gasteiger partial charge is 0.271 e. The van der Waals surface area contributed by atoms with Crippen LogP contribution in [0.4, 0.5) is 0 Å². The number of pyridine rings is 1. The molecule has 19 heavy (non-hydrogen) atoms. The van der Waals surface area contributed by atoms with Crippen molar-refractivity contribution >= 4 is 22.5 Å². The smallest absolute Gasteiger partial charge is 0.0556 e. The summed E-state index contributed by atoms with van der Waals surface area (Å²) < 4.78 is 0. The third-order valence-electron chi connectivity index (χ3n) is 3.41. The SMILES string of the molecule is CCC(C)SCC(NN)c1cccc2cnccc12. The van der Waals surface area contributed by atoms with Gasteiger partial charge < -0.3 is 0 Å². The summed E-state index contributed by atoms with van der Waals surface area (Å²) in [5, 5.41) is 3.05. The van der Waals surface area contributed by atoms with Gasteiger partial charge in [-0.2, -0.15) is 11.8 Å². The maximum atomic E-state index is 5.74. The van der Waals surface area contributed by atoms with Crippen molar-refractivity contribution in [1.82, 2.24) is 10.4 Å². The first-order chi connectivity index (χ1) is 9.26. The average molecular weight is 275 g/mol. The summed E-state index contributed by atoms with van der Waals surface area (Å²) in [5.41, 5.74) is 4.20. The van der Waals surface area contributed by atoms with Crippen molar-refractivity contribution in [1.29, 1.82) is 0 Å². The van der Waals surface area contributed by atoms with E-state index in [-0.39, 0.29) is 6.04 Å². The minimum Gasteiger partial charge on any atom is -0.271 e. The van der Waals surface area contributed by atoms with Gasteiger partial charge in [-0.3, -0.25) is 16.3 Å². The van der Waals surface area contributed by atoms with Crippen molar-refractivity contribution in [2.24, 2.45) is 5.84 Å². The highest BCUT2D eigenvalue weighted by molar-refractivity contribution is 7.99. The number of hydrogen-bond donors (Lipinski definition) is 2. The molecule has 1 heterocycles. The van der Waals surface area contributed by atoms with Gasteiger partial charge in [-0.05, 0) is 23.4 Å². The molecule has 0 bridgehead atoms. The van der Waals surface area contributed by atoms with Crippen LogP contribution in [0, 0.1) is 0 Å². The van der Waals surface area contributed by atoms with Gasteiger partial charge in [0.25, 0.3) is 0 Å². The van der Waals surface area contributed by atoms with Gasteiger partial charge in [0.1, 0.15) is 0 Å².